The van der Waals surface area contributed by atoms with Crippen LogP contribution in [0.3, 0.4) is 0 Å². The minimum absolute atomic E-state index is 0.365. The van der Waals surface area contributed by atoms with E-state index in [0.717, 1.165) is 27.4 Å². The second-order valence-electron chi connectivity index (χ2n) is 6.57. The van der Waals surface area contributed by atoms with E-state index >= 15 is 0 Å². The summed E-state index contributed by atoms with van der Waals surface area (Å²) in [4.78, 5) is 23.3. The lowest BCUT2D eigenvalue weighted by Gasteiger charge is -2.18. The molecule has 33 heavy (non-hydrogen) atoms. The highest BCUT2D eigenvalue weighted by Gasteiger charge is 2.13. The van der Waals surface area contributed by atoms with Gasteiger partial charge >= 0.3 is 11.9 Å². The lowest BCUT2D eigenvalue weighted by Crippen LogP contribution is -2.05. The summed E-state index contributed by atoms with van der Waals surface area (Å²) in [5, 5.41) is 18.6. The van der Waals surface area contributed by atoms with E-state index in [9.17, 15) is 9.59 Å². The molecular formula is C23H22Cl2N2O4S2. The number of benzene rings is 2. The highest BCUT2D eigenvalue weighted by atomic mass is 35.5. The molecule has 174 valence electrons. The Kier molecular flexibility index (Phi) is 12.0. The number of carbonyl (C=O) groups is 2. The lowest BCUT2D eigenvalue weighted by atomic mass is 10.1. The van der Waals surface area contributed by atoms with Crippen LogP contribution in [0, 0.1) is 0 Å². The van der Waals surface area contributed by atoms with Crippen molar-refractivity contribution >= 4 is 58.7 Å². The van der Waals surface area contributed by atoms with Crippen LogP contribution in [0.4, 0.5) is 0 Å². The maximum atomic E-state index is 9.55. The second-order valence-corrected chi connectivity index (χ2v) is 9.98. The van der Waals surface area contributed by atoms with E-state index < -0.39 is 11.9 Å². The molecule has 1 aromatic heterocycles. The molecule has 3 rings (SSSR count). The Labute approximate surface area is 210 Å². The molecule has 0 aliphatic carbocycles. The number of hydrogen-bond donors (Lipinski definition) is 2. The number of imidazole rings is 1. The molecule has 1 heterocycles. The van der Waals surface area contributed by atoms with Crippen LogP contribution in [0.1, 0.15) is 16.4 Å². The molecule has 0 amide bonds. The predicted octanol–water partition coefficient (Wildman–Crippen LogP) is 6.27. The van der Waals surface area contributed by atoms with Crippen molar-refractivity contribution in [1.82, 2.24) is 9.55 Å². The Morgan fingerprint density at radius 1 is 0.970 bits per heavy atom. The Morgan fingerprint density at radius 3 is 2.06 bits per heavy atom. The quantitative estimate of drug-likeness (QED) is 0.183. The molecule has 6 nitrogen and oxygen atoms in total. The van der Waals surface area contributed by atoms with Gasteiger partial charge in [0.15, 0.2) is 0 Å². The summed E-state index contributed by atoms with van der Waals surface area (Å²) >= 11 is 15.8. The van der Waals surface area contributed by atoms with E-state index in [1.165, 1.54) is 11.1 Å². The van der Waals surface area contributed by atoms with Crippen molar-refractivity contribution in [3.8, 4) is 0 Å². The van der Waals surface area contributed by atoms with Gasteiger partial charge in [0.25, 0.3) is 0 Å². The SMILES string of the molecule is Clc1ccc(CSCSC(Cn2ccnc2)c2ccc(Cl)cc2)cc1.O=C(O)/C=C/C(=O)O. The van der Waals surface area contributed by atoms with Gasteiger partial charge in [-0.25, -0.2) is 14.6 Å². The molecule has 2 N–H and O–H groups in total. The zero-order chi connectivity index (χ0) is 24.1. The van der Waals surface area contributed by atoms with Crippen molar-refractivity contribution in [3.05, 3.63) is 101 Å². The number of halogens is 2. The molecule has 1 atom stereocenters. The topological polar surface area (TPSA) is 92.4 Å². The number of aromatic nitrogens is 2. The largest absolute Gasteiger partial charge is 0.478 e. The third-order valence-corrected chi connectivity index (χ3v) is 7.16. The third kappa shape index (κ3) is 11.3. The zero-order valence-electron chi connectivity index (χ0n) is 17.4. The van der Waals surface area contributed by atoms with Crippen LogP contribution in [0.25, 0.3) is 0 Å². The van der Waals surface area contributed by atoms with E-state index in [1.54, 1.807) is 0 Å². The van der Waals surface area contributed by atoms with Gasteiger partial charge in [-0.15, -0.1) is 23.5 Å². The van der Waals surface area contributed by atoms with Crippen molar-refractivity contribution in [1.29, 1.82) is 0 Å². The van der Waals surface area contributed by atoms with Crippen LogP contribution >= 0.6 is 46.7 Å². The zero-order valence-corrected chi connectivity index (χ0v) is 20.5. The molecule has 0 bridgehead atoms. The number of carboxylic acid groups (broad SMARTS) is 2. The Balaban J connectivity index is 0.000000414. The van der Waals surface area contributed by atoms with Gasteiger partial charge in [0.2, 0.25) is 0 Å². The molecule has 2 aromatic carbocycles. The predicted molar refractivity (Wildman–Crippen MR) is 136 cm³/mol. The molecule has 0 aliphatic heterocycles. The molecule has 0 saturated heterocycles. The van der Waals surface area contributed by atoms with Crippen molar-refractivity contribution < 1.29 is 19.8 Å². The van der Waals surface area contributed by atoms with Gasteiger partial charge in [-0.05, 0) is 35.4 Å². The van der Waals surface area contributed by atoms with Gasteiger partial charge in [-0.1, -0.05) is 47.5 Å². The van der Waals surface area contributed by atoms with Gasteiger partial charge in [0.1, 0.15) is 0 Å². The van der Waals surface area contributed by atoms with Crippen LogP contribution in [0.5, 0.6) is 0 Å². The fourth-order valence-corrected chi connectivity index (χ4v) is 5.21. The molecule has 0 fully saturated rings. The second kappa shape index (κ2) is 14.7. The summed E-state index contributed by atoms with van der Waals surface area (Å²) < 4.78 is 2.12. The van der Waals surface area contributed by atoms with Crippen LogP contribution in [-0.2, 0) is 21.9 Å². The van der Waals surface area contributed by atoms with Gasteiger partial charge < -0.3 is 14.8 Å². The van der Waals surface area contributed by atoms with Crippen molar-refractivity contribution in [2.75, 3.05) is 5.08 Å². The molecule has 3 aromatic rings. The Bertz CT molecular complexity index is 1010. The third-order valence-electron chi connectivity index (χ3n) is 4.08. The lowest BCUT2D eigenvalue weighted by molar-refractivity contribution is -0.134. The summed E-state index contributed by atoms with van der Waals surface area (Å²) in [5.41, 5.74) is 2.59. The first-order valence-corrected chi connectivity index (χ1v) is 12.6. The molecule has 0 radical (unpaired) electrons. The Morgan fingerprint density at radius 2 is 1.55 bits per heavy atom. The van der Waals surface area contributed by atoms with Gasteiger partial charge in [0, 0.05) is 57.2 Å². The van der Waals surface area contributed by atoms with Crippen LogP contribution < -0.4 is 0 Å². The number of carboxylic acids is 2. The summed E-state index contributed by atoms with van der Waals surface area (Å²) in [6, 6.07) is 16.2. The van der Waals surface area contributed by atoms with Crippen LogP contribution in [-0.4, -0.2) is 36.8 Å². The minimum Gasteiger partial charge on any atom is -0.478 e. The number of thioether (sulfide) groups is 2. The molecule has 10 heteroatoms. The number of nitrogens with zero attached hydrogens (tertiary/aromatic N) is 2. The van der Waals surface area contributed by atoms with Crippen molar-refractivity contribution in [2.24, 2.45) is 0 Å². The first kappa shape index (κ1) is 26.9. The molecular weight excluding hydrogens is 503 g/mol. The Hall–Kier alpha value is -2.39. The molecule has 0 aliphatic rings. The van der Waals surface area contributed by atoms with Gasteiger partial charge in [-0.3, -0.25) is 0 Å². The fraction of sp³-hybridized carbons (Fsp3) is 0.174. The minimum atomic E-state index is -1.26. The average Bonchev–Trinajstić information content (AvgIpc) is 3.30. The highest BCUT2D eigenvalue weighted by molar-refractivity contribution is 8.15. The maximum absolute atomic E-state index is 9.55. The maximum Gasteiger partial charge on any atom is 0.328 e. The van der Waals surface area contributed by atoms with E-state index in [4.69, 9.17) is 33.4 Å². The number of aliphatic carboxylic acids is 2. The summed E-state index contributed by atoms with van der Waals surface area (Å²) in [6.07, 6.45) is 6.80. The average molecular weight is 525 g/mol. The number of rotatable bonds is 10. The van der Waals surface area contributed by atoms with E-state index in [1.807, 2.05) is 66.5 Å². The molecule has 0 saturated carbocycles. The van der Waals surface area contributed by atoms with Crippen LogP contribution in [0.15, 0.2) is 79.4 Å². The van der Waals surface area contributed by atoms with E-state index in [-0.39, 0.29) is 0 Å². The normalized spacial score (nSPS) is 11.6. The van der Waals surface area contributed by atoms with Gasteiger partial charge in [0.05, 0.1) is 6.33 Å². The van der Waals surface area contributed by atoms with Crippen molar-refractivity contribution in [3.63, 3.8) is 0 Å². The standard InChI is InChI=1S/C19H18Cl2N2S2.C4H4O4/c20-17-5-1-15(2-6-17)12-24-14-25-19(11-23-10-9-22-13-23)16-3-7-18(21)8-4-16;5-3(6)1-2-4(7)8/h1-10,13,19H,11-12,14H2;1-2H,(H,5,6)(H,7,8)/b;2-1+. The van der Waals surface area contributed by atoms with Crippen molar-refractivity contribution in [2.45, 2.75) is 17.5 Å². The smallest absolute Gasteiger partial charge is 0.328 e. The summed E-state index contributed by atoms with van der Waals surface area (Å²) in [7, 11) is 0. The summed E-state index contributed by atoms with van der Waals surface area (Å²) in [6.45, 7) is 0.897. The monoisotopic (exact) mass is 524 g/mol. The first-order valence-electron chi connectivity index (χ1n) is 9.62. The fourth-order valence-electron chi connectivity index (χ4n) is 2.53. The molecule has 1 unspecified atom stereocenters. The van der Waals surface area contributed by atoms with E-state index in [2.05, 4.69) is 33.8 Å². The van der Waals surface area contributed by atoms with E-state index in [0.29, 0.717) is 17.4 Å². The van der Waals surface area contributed by atoms with Gasteiger partial charge in [-0.2, -0.15) is 0 Å². The van der Waals surface area contributed by atoms with Crippen LogP contribution in [0.2, 0.25) is 10.0 Å². The number of hydrogen-bond acceptors (Lipinski definition) is 5. The highest BCUT2D eigenvalue weighted by Crippen LogP contribution is 2.34. The first-order chi connectivity index (χ1) is 15.8. The summed E-state index contributed by atoms with van der Waals surface area (Å²) in [5.74, 6) is -1.53. The molecule has 0 spiro atoms.